The number of aromatic nitrogens is 5. The fourth-order valence-electron chi connectivity index (χ4n) is 8.11. The van der Waals surface area contributed by atoms with Gasteiger partial charge in [0.2, 0.25) is 5.95 Å². The number of pyridine rings is 1. The minimum Gasteiger partial charge on any atom is -0.484 e. The van der Waals surface area contributed by atoms with Crippen LogP contribution in [0.3, 0.4) is 0 Å². The molecule has 2 fully saturated rings. The number of carbonyl (C=O) groups excluding carboxylic acids is 1. The summed E-state index contributed by atoms with van der Waals surface area (Å²) in [6.45, 7) is 13.4. The van der Waals surface area contributed by atoms with Crippen LogP contribution >= 0.6 is 0 Å². The molecule has 5 heterocycles. The quantitative estimate of drug-likeness (QED) is 0.141. The Morgan fingerprint density at radius 1 is 0.966 bits per heavy atom. The molecule has 0 saturated carbocycles. The van der Waals surface area contributed by atoms with Crippen molar-refractivity contribution in [3.63, 3.8) is 0 Å². The number of benzene rings is 2. The average molecular weight is 795 g/mol. The van der Waals surface area contributed by atoms with Crippen LogP contribution < -0.4 is 20.3 Å². The second kappa shape index (κ2) is 17.5. The summed E-state index contributed by atoms with van der Waals surface area (Å²) in [5.74, 6) is 1.88. The number of ether oxygens (including phenoxy) is 1. The number of piperidine rings is 1. The van der Waals surface area contributed by atoms with Crippen molar-refractivity contribution in [3.05, 3.63) is 95.1 Å². The average Bonchev–Trinajstić information content (AvgIpc) is 3.83. The molecular weight excluding hydrogens is 740 g/mol. The number of carbonyl (C=O) groups is 2. The van der Waals surface area contributed by atoms with E-state index in [1.807, 2.05) is 47.0 Å². The first-order chi connectivity index (χ1) is 27.9. The van der Waals surface area contributed by atoms with Gasteiger partial charge < -0.3 is 25.0 Å². The van der Waals surface area contributed by atoms with E-state index in [1.54, 1.807) is 10.7 Å². The Hall–Kier alpha value is -5.54. The lowest BCUT2D eigenvalue weighted by molar-refractivity contribution is -0.122. The summed E-state index contributed by atoms with van der Waals surface area (Å²) in [5, 5.41) is 27.1. The number of carboxylic acid groups (broad SMARTS) is 1. The topological polar surface area (TPSA) is 145 Å². The first-order valence-corrected chi connectivity index (χ1v) is 20.2. The highest BCUT2D eigenvalue weighted by Crippen LogP contribution is 2.39. The molecule has 308 valence electrons. The number of anilines is 2. The van der Waals surface area contributed by atoms with Gasteiger partial charge in [-0.2, -0.15) is 5.10 Å². The van der Waals surface area contributed by atoms with Crippen molar-refractivity contribution in [1.29, 1.82) is 0 Å². The van der Waals surface area contributed by atoms with Gasteiger partial charge in [-0.3, -0.25) is 19.4 Å². The number of piperazine rings is 1. The Bertz CT molecular complexity index is 2210. The zero-order chi connectivity index (χ0) is 41.0. The highest BCUT2D eigenvalue weighted by atomic mass is 19.1. The molecule has 3 atom stereocenters. The number of rotatable bonds is 8. The number of hydrogen-bond acceptors (Lipinski definition) is 9. The van der Waals surface area contributed by atoms with E-state index in [2.05, 4.69) is 82.4 Å². The predicted molar refractivity (Wildman–Crippen MR) is 221 cm³/mol. The number of urea groups is 1. The van der Waals surface area contributed by atoms with E-state index in [0.29, 0.717) is 36.1 Å². The molecule has 3 aromatic heterocycles. The number of nitrogens with one attached hydrogen (secondary N) is 2. The molecule has 5 aromatic rings. The Morgan fingerprint density at radius 2 is 1.72 bits per heavy atom. The van der Waals surface area contributed by atoms with Crippen molar-refractivity contribution < 1.29 is 23.8 Å². The van der Waals surface area contributed by atoms with Crippen molar-refractivity contribution >= 4 is 29.9 Å². The van der Waals surface area contributed by atoms with Crippen molar-refractivity contribution in [1.82, 2.24) is 39.5 Å². The smallest absolute Gasteiger partial charge is 0.320 e. The predicted octanol–water partition coefficient (Wildman–Crippen LogP) is 6.96. The van der Waals surface area contributed by atoms with E-state index in [1.165, 1.54) is 12.5 Å². The van der Waals surface area contributed by atoms with Crippen molar-refractivity contribution in [2.24, 2.45) is 0 Å². The van der Waals surface area contributed by atoms with Gasteiger partial charge in [-0.05, 0) is 87.5 Å². The molecule has 2 saturated heterocycles. The molecule has 0 radical (unpaired) electrons. The standard InChI is InChI=1S/C42H53FN10O2.CH2O2/c1-28-10-8-9-19-51(28)41-47-46-38-18-14-31(27-52(38)41)55-36-17-16-35(32-11-6-7-12-33(32)36)44-40(54)45-39-25-37(42(2,3)4)48-53(39)30-13-15-34(43)29(24-30)26-50-22-20-49(5)21-23-50;2-1-3/h6-7,11-15,18,24-25,27-28,35-36H,8-10,16-17,19-23,26H2,1-5H3,(H2,44,45,54);1H,(H,2,3)/t28?,35-,36+;/m0./s1. The van der Waals surface area contributed by atoms with Crippen LogP contribution in [-0.2, 0) is 16.8 Å². The van der Waals surface area contributed by atoms with Crippen LogP contribution in [-0.4, -0.2) is 97.6 Å². The molecule has 8 rings (SSSR count). The van der Waals surface area contributed by atoms with E-state index in [0.717, 1.165) is 86.2 Å². The molecule has 3 N–H and O–H groups in total. The molecular formula is C43H55FN10O4. The van der Waals surface area contributed by atoms with Gasteiger partial charge in [0.25, 0.3) is 6.47 Å². The van der Waals surface area contributed by atoms with Gasteiger partial charge in [0.1, 0.15) is 23.5 Å². The van der Waals surface area contributed by atoms with Gasteiger partial charge in [-0.1, -0.05) is 45.0 Å². The molecule has 15 heteroatoms. The van der Waals surface area contributed by atoms with E-state index in [-0.39, 0.29) is 35.9 Å². The molecule has 2 amide bonds. The van der Waals surface area contributed by atoms with Gasteiger partial charge >= 0.3 is 6.03 Å². The fraction of sp³-hybridized carbons (Fsp3) is 0.465. The number of halogens is 1. The second-order valence-corrected chi connectivity index (χ2v) is 16.6. The number of nitrogens with zero attached hydrogens (tertiary/aromatic N) is 8. The Labute approximate surface area is 339 Å². The van der Waals surface area contributed by atoms with Gasteiger partial charge in [0, 0.05) is 62.4 Å². The molecule has 1 unspecified atom stereocenters. The summed E-state index contributed by atoms with van der Waals surface area (Å²) >= 11 is 0. The van der Waals surface area contributed by atoms with Gasteiger partial charge in [0.15, 0.2) is 5.65 Å². The third-order valence-corrected chi connectivity index (χ3v) is 11.4. The lowest BCUT2D eigenvalue weighted by atomic mass is 9.85. The third-order valence-electron chi connectivity index (χ3n) is 11.4. The SMILES string of the molecule is CC1CCCCN1c1nnc2ccc(O[C@@H]3CC[C@H](NC(=O)Nc4cc(C(C)(C)C)nn4-c4ccc(F)c(CN5CCN(C)CC5)c4)c4ccccc43)cn12.O=CO. The fourth-order valence-corrected chi connectivity index (χ4v) is 8.11. The normalized spacial score (nSPS) is 20.2. The molecule has 58 heavy (non-hydrogen) atoms. The van der Waals surface area contributed by atoms with Crippen LogP contribution in [0.4, 0.5) is 21.0 Å². The third kappa shape index (κ3) is 9.10. The minimum absolute atomic E-state index is 0.183. The van der Waals surface area contributed by atoms with Crippen LogP contribution in [0.15, 0.2) is 66.9 Å². The number of likely N-dealkylation sites (N-methyl/N-ethyl adjacent to an activating group) is 1. The Balaban J connectivity index is 0.00000166. The summed E-state index contributed by atoms with van der Waals surface area (Å²) in [6.07, 6.45) is 6.76. The summed E-state index contributed by atoms with van der Waals surface area (Å²) in [4.78, 5) is 29.1. The maximum absolute atomic E-state index is 15.1. The summed E-state index contributed by atoms with van der Waals surface area (Å²) in [6, 6.07) is 18.9. The highest BCUT2D eigenvalue weighted by molar-refractivity contribution is 5.89. The van der Waals surface area contributed by atoms with Gasteiger partial charge in [0.05, 0.1) is 23.6 Å². The van der Waals surface area contributed by atoms with E-state index in [4.69, 9.17) is 19.7 Å². The Morgan fingerprint density at radius 3 is 2.47 bits per heavy atom. The maximum Gasteiger partial charge on any atom is 0.320 e. The molecule has 3 aliphatic rings. The first-order valence-electron chi connectivity index (χ1n) is 20.2. The second-order valence-electron chi connectivity index (χ2n) is 16.6. The zero-order valence-corrected chi connectivity index (χ0v) is 34.1. The van der Waals surface area contributed by atoms with Gasteiger partial charge in [-0.15, -0.1) is 10.2 Å². The Kier molecular flexibility index (Phi) is 12.3. The van der Waals surface area contributed by atoms with Crippen LogP contribution in [0.1, 0.15) is 94.3 Å². The van der Waals surface area contributed by atoms with Gasteiger partial charge in [-0.25, -0.2) is 13.9 Å². The van der Waals surface area contributed by atoms with E-state index >= 15 is 4.39 Å². The lowest BCUT2D eigenvalue weighted by Crippen LogP contribution is -2.44. The highest BCUT2D eigenvalue weighted by Gasteiger charge is 2.31. The largest absolute Gasteiger partial charge is 0.484 e. The molecule has 14 nitrogen and oxygen atoms in total. The van der Waals surface area contributed by atoms with Crippen molar-refractivity contribution in [2.75, 3.05) is 50.0 Å². The maximum atomic E-state index is 15.1. The zero-order valence-electron chi connectivity index (χ0n) is 34.1. The molecule has 1 aliphatic carbocycles. The van der Waals surface area contributed by atoms with Crippen LogP contribution in [0.5, 0.6) is 5.75 Å². The molecule has 2 aromatic carbocycles. The van der Waals surface area contributed by atoms with Crippen LogP contribution in [0, 0.1) is 5.82 Å². The lowest BCUT2D eigenvalue weighted by Gasteiger charge is -2.33. The summed E-state index contributed by atoms with van der Waals surface area (Å²) in [5.41, 5.74) is 4.72. The molecule has 2 aliphatic heterocycles. The van der Waals surface area contributed by atoms with Crippen LogP contribution in [0.25, 0.3) is 11.3 Å². The van der Waals surface area contributed by atoms with E-state index < -0.39 is 0 Å². The summed E-state index contributed by atoms with van der Waals surface area (Å²) in [7, 11) is 2.11. The van der Waals surface area contributed by atoms with Crippen molar-refractivity contribution in [2.45, 2.75) is 89.9 Å². The van der Waals surface area contributed by atoms with Crippen LogP contribution in [0.2, 0.25) is 0 Å². The molecule has 0 bridgehead atoms. The molecule has 0 spiro atoms. The van der Waals surface area contributed by atoms with Crippen molar-refractivity contribution in [3.8, 4) is 11.4 Å². The first kappa shape index (κ1) is 40.6. The monoisotopic (exact) mass is 794 g/mol. The number of amides is 2. The minimum atomic E-state index is -0.335. The summed E-state index contributed by atoms with van der Waals surface area (Å²) < 4.78 is 25.6. The number of hydrogen-bond donors (Lipinski definition) is 3. The number of fused-ring (bicyclic) bond motifs is 2. The van der Waals surface area contributed by atoms with E-state index in [9.17, 15) is 4.79 Å².